The van der Waals surface area contributed by atoms with Crippen LogP contribution in [-0.2, 0) is 9.59 Å². The molecule has 0 radical (unpaired) electrons. The van der Waals surface area contributed by atoms with E-state index in [-0.39, 0.29) is 23.8 Å². The first kappa shape index (κ1) is 13.7. The van der Waals surface area contributed by atoms with Gasteiger partial charge in [-0.15, -0.1) is 0 Å². The van der Waals surface area contributed by atoms with E-state index in [1.165, 1.54) is 0 Å². The molecular weight excluding hydrogens is 216 g/mol. The van der Waals surface area contributed by atoms with Crippen LogP contribution in [0.2, 0.25) is 0 Å². The molecule has 2 atom stereocenters. The van der Waals surface area contributed by atoms with Crippen molar-refractivity contribution in [3.05, 3.63) is 11.6 Å². The Morgan fingerprint density at radius 1 is 1.35 bits per heavy atom. The Kier molecular flexibility index (Phi) is 5.19. The molecule has 3 N–H and O–H groups in total. The van der Waals surface area contributed by atoms with E-state index in [4.69, 9.17) is 5.73 Å². The maximum atomic E-state index is 11.8. The maximum Gasteiger partial charge on any atom is 0.246 e. The van der Waals surface area contributed by atoms with Gasteiger partial charge in [-0.2, -0.15) is 0 Å². The highest BCUT2D eigenvalue weighted by molar-refractivity contribution is 5.93. The van der Waals surface area contributed by atoms with E-state index < -0.39 is 0 Å². The lowest BCUT2D eigenvalue weighted by Crippen LogP contribution is -2.47. The lowest BCUT2D eigenvalue weighted by atomic mass is 9.84. The number of allylic oxidation sites excluding steroid dienone is 1. The van der Waals surface area contributed by atoms with Gasteiger partial charge >= 0.3 is 0 Å². The molecule has 0 bridgehead atoms. The lowest BCUT2D eigenvalue weighted by Gasteiger charge is -2.30. The van der Waals surface area contributed by atoms with Crippen LogP contribution in [0.1, 0.15) is 46.0 Å². The minimum atomic E-state index is -0.299. The van der Waals surface area contributed by atoms with Crippen LogP contribution in [0.4, 0.5) is 0 Å². The van der Waals surface area contributed by atoms with Gasteiger partial charge in [0.15, 0.2) is 0 Å². The normalized spacial score (nSPS) is 25.4. The van der Waals surface area contributed by atoms with Crippen molar-refractivity contribution in [1.29, 1.82) is 0 Å². The van der Waals surface area contributed by atoms with Crippen molar-refractivity contribution in [3.8, 4) is 0 Å². The second-order valence-electron chi connectivity index (χ2n) is 4.67. The molecule has 4 heteroatoms. The summed E-state index contributed by atoms with van der Waals surface area (Å²) in [6.45, 7) is 3.78. The van der Waals surface area contributed by atoms with Gasteiger partial charge in [-0.05, 0) is 26.2 Å². The minimum absolute atomic E-state index is 0.0787. The fourth-order valence-corrected chi connectivity index (χ4v) is 2.33. The molecule has 0 saturated heterocycles. The summed E-state index contributed by atoms with van der Waals surface area (Å²) in [5.74, 6) is -0.584. The number of nitrogens with one attached hydrogen (secondary N) is 1. The van der Waals surface area contributed by atoms with Gasteiger partial charge in [-0.1, -0.05) is 25.8 Å². The van der Waals surface area contributed by atoms with E-state index in [0.29, 0.717) is 5.57 Å². The summed E-state index contributed by atoms with van der Waals surface area (Å²) in [5.41, 5.74) is 6.07. The summed E-state index contributed by atoms with van der Waals surface area (Å²) in [7, 11) is 0. The molecule has 1 saturated carbocycles. The lowest BCUT2D eigenvalue weighted by molar-refractivity contribution is -0.124. The van der Waals surface area contributed by atoms with Gasteiger partial charge in [0, 0.05) is 11.6 Å². The fraction of sp³-hybridized carbons (Fsp3) is 0.692. The van der Waals surface area contributed by atoms with Crippen molar-refractivity contribution in [2.45, 2.75) is 52.0 Å². The van der Waals surface area contributed by atoms with Crippen LogP contribution in [0, 0.1) is 5.92 Å². The Bertz CT molecular complexity index is 323. The van der Waals surface area contributed by atoms with Crippen molar-refractivity contribution < 1.29 is 9.59 Å². The first-order valence-corrected chi connectivity index (χ1v) is 6.33. The van der Waals surface area contributed by atoms with Gasteiger partial charge in [0.05, 0.1) is 5.92 Å². The van der Waals surface area contributed by atoms with E-state index in [1.54, 1.807) is 6.92 Å². The average Bonchev–Trinajstić information content (AvgIpc) is 2.29. The van der Waals surface area contributed by atoms with Crippen LogP contribution >= 0.6 is 0 Å². The zero-order valence-corrected chi connectivity index (χ0v) is 10.7. The minimum Gasteiger partial charge on any atom is -0.369 e. The molecular formula is C13H22N2O2. The second-order valence-corrected chi connectivity index (χ2v) is 4.67. The number of amides is 2. The maximum absolute atomic E-state index is 11.8. The Labute approximate surface area is 103 Å². The number of nitrogens with two attached hydrogens (primary N) is 1. The molecule has 0 heterocycles. The Hall–Kier alpha value is -1.32. The Morgan fingerprint density at radius 2 is 2.00 bits per heavy atom. The smallest absolute Gasteiger partial charge is 0.246 e. The summed E-state index contributed by atoms with van der Waals surface area (Å²) in [5, 5.41) is 2.93. The molecule has 0 aliphatic heterocycles. The van der Waals surface area contributed by atoms with E-state index in [9.17, 15) is 9.59 Å². The number of carbonyl (C=O) groups excluding carboxylic acids is 2. The Balaban J connectivity index is 2.62. The fourth-order valence-electron chi connectivity index (χ4n) is 2.33. The van der Waals surface area contributed by atoms with Gasteiger partial charge in [-0.25, -0.2) is 0 Å². The summed E-state index contributed by atoms with van der Waals surface area (Å²) in [6, 6.07) is -0.0889. The van der Waals surface area contributed by atoms with Crippen LogP contribution in [0.5, 0.6) is 0 Å². The third kappa shape index (κ3) is 3.88. The van der Waals surface area contributed by atoms with Crippen LogP contribution in [0.3, 0.4) is 0 Å². The standard InChI is InChI=1S/C13H22N2O2/c1-3-6-9(2)13(17)15-11-8-5-4-7-10(11)12(14)16/h6,10-11H,3-5,7-8H2,1-2H3,(H2,14,16)(H,15,17)/b9-6+/t10-,11+/m0/s1. The first-order valence-electron chi connectivity index (χ1n) is 6.33. The zero-order chi connectivity index (χ0) is 12.8. The van der Waals surface area contributed by atoms with E-state index in [0.717, 1.165) is 32.1 Å². The highest BCUT2D eigenvalue weighted by atomic mass is 16.2. The van der Waals surface area contributed by atoms with Crippen molar-refractivity contribution in [1.82, 2.24) is 5.32 Å². The third-order valence-corrected chi connectivity index (χ3v) is 3.32. The molecule has 1 aliphatic carbocycles. The van der Waals surface area contributed by atoms with Gasteiger partial charge < -0.3 is 11.1 Å². The summed E-state index contributed by atoms with van der Waals surface area (Å²) < 4.78 is 0. The predicted molar refractivity (Wildman–Crippen MR) is 67.1 cm³/mol. The zero-order valence-electron chi connectivity index (χ0n) is 10.7. The molecule has 1 fully saturated rings. The van der Waals surface area contributed by atoms with E-state index in [1.807, 2.05) is 13.0 Å². The summed E-state index contributed by atoms with van der Waals surface area (Å²) in [6.07, 6.45) is 6.42. The SMILES string of the molecule is CC/C=C(\C)C(=O)N[C@@H]1CCCC[C@@H]1C(N)=O. The highest BCUT2D eigenvalue weighted by Crippen LogP contribution is 2.24. The van der Waals surface area contributed by atoms with Gasteiger partial charge in [-0.3, -0.25) is 9.59 Å². The van der Waals surface area contributed by atoms with Gasteiger partial charge in [0.25, 0.3) is 0 Å². The molecule has 1 rings (SSSR count). The molecule has 0 unspecified atom stereocenters. The average molecular weight is 238 g/mol. The van der Waals surface area contributed by atoms with Crippen LogP contribution in [0.25, 0.3) is 0 Å². The third-order valence-electron chi connectivity index (χ3n) is 3.32. The van der Waals surface area contributed by atoms with Gasteiger partial charge in [0.2, 0.25) is 11.8 Å². The molecule has 0 aromatic heterocycles. The van der Waals surface area contributed by atoms with E-state index >= 15 is 0 Å². The van der Waals surface area contributed by atoms with Crippen molar-refractivity contribution >= 4 is 11.8 Å². The number of hydrogen-bond donors (Lipinski definition) is 2. The Morgan fingerprint density at radius 3 is 2.59 bits per heavy atom. The highest BCUT2D eigenvalue weighted by Gasteiger charge is 2.30. The van der Waals surface area contributed by atoms with E-state index in [2.05, 4.69) is 5.32 Å². The molecule has 0 aromatic rings. The molecule has 17 heavy (non-hydrogen) atoms. The molecule has 0 aromatic carbocycles. The summed E-state index contributed by atoms with van der Waals surface area (Å²) in [4.78, 5) is 23.1. The largest absolute Gasteiger partial charge is 0.369 e. The molecule has 0 spiro atoms. The van der Waals surface area contributed by atoms with Crippen LogP contribution < -0.4 is 11.1 Å². The van der Waals surface area contributed by atoms with Crippen LogP contribution in [-0.4, -0.2) is 17.9 Å². The molecule has 96 valence electrons. The molecule has 2 amide bonds. The first-order chi connectivity index (χ1) is 8.06. The van der Waals surface area contributed by atoms with Crippen LogP contribution in [0.15, 0.2) is 11.6 Å². The quantitative estimate of drug-likeness (QED) is 0.728. The topological polar surface area (TPSA) is 72.2 Å². The monoisotopic (exact) mass is 238 g/mol. The number of hydrogen-bond acceptors (Lipinski definition) is 2. The molecule has 4 nitrogen and oxygen atoms in total. The number of primary amides is 1. The predicted octanol–water partition coefficient (Wildman–Crippen LogP) is 1.50. The number of rotatable bonds is 4. The van der Waals surface area contributed by atoms with Gasteiger partial charge in [0.1, 0.15) is 0 Å². The summed E-state index contributed by atoms with van der Waals surface area (Å²) >= 11 is 0. The molecule has 1 aliphatic rings. The van der Waals surface area contributed by atoms with Crippen molar-refractivity contribution in [2.24, 2.45) is 11.7 Å². The number of carbonyl (C=O) groups is 2. The second kappa shape index (κ2) is 6.42. The van der Waals surface area contributed by atoms with Crippen molar-refractivity contribution in [2.75, 3.05) is 0 Å². The van der Waals surface area contributed by atoms with Crippen molar-refractivity contribution in [3.63, 3.8) is 0 Å².